The molecule has 10 aromatic carbocycles. The second kappa shape index (κ2) is 13.8. The fourth-order valence-corrected chi connectivity index (χ4v) is 11.0. The lowest BCUT2D eigenvalue weighted by molar-refractivity contribution is 0.673. The summed E-state index contributed by atoms with van der Waals surface area (Å²) >= 11 is 1.87. The Hall–Kier alpha value is -7.92. The lowest BCUT2D eigenvalue weighted by Crippen LogP contribution is -2.10. The van der Waals surface area contributed by atoms with Crippen LogP contribution in [0.25, 0.3) is 103 Å². The van der Waals surface area contributed by atoms with Gasteiger partial charge in [0.25, 0.3) is 0 Å². The van der Waals surface area contributed by atoms with Crippen molar-refractivity contribution in [2.75, 3.05) is 4.90 Å². The second-order valence-corrected chi connectivity index (χ2v) is 17.1. The molecule has 3 nitrogen and oxygen atoms in total. The summed E-state index contributed by atoms with van der Waals surface area (Å²) in [5.74, 6) is 0. The van der Waals surface area contributed by atoms with Gasteiger partial charge in [0, 0.05) is 69.9 Å². The van der Waals surface area contributed by atoms with Crippen LogP contribution in [0, 0.1) is 0 Å². The van der Waals surface area contributed by atoms with Gasteiger partial charge in [-0.25, -0.2) is 0 Å². The Morgan fingerprint density at radius 1 is 0.403 bits per heavy atom. The SMILES string of the molecule is c1cc(-c2cccc3oc4c5ccccc5ccc4c23)cc(N(c2ccc(-c3cccc4c3sc3ccccc34)cc2)c2ccc(-n3c4ccccc4c4ccccc43)cc2)c1. The molecule has 0 atom stereocenters. The summed E-state index contributed by atoms with van der Waals surface area (Å²) in [6.45, 7) is 0. The number of rotatable bonds is 6. The van der Waals surface area contributed by atoms with Gasteiger partial charge in [-0.3, -0.25) is 0 Å². The van der Waals surface area contributed by atoms with E-state index in [-0.39, 0.29) is 0 Å². The largest absolute Gasteiger partial charge is 0.455 e. The van der Waals surface area contributed by atoms with Crippen molar-refractivity contribution in [2.45, 2.75) is 0 Å². The first-order chi connectivity index (χ1) is 30.7. The number of furan rings is 1. The summed E-state index contributed by atoms with van der Waals surface area (Å²) in [5.41, 5.74) is 13.3. The van der Waals surface area contributed by atoms with E-state index in [4.69, 9.17) is 4.42 Å². The minimum Gasteiger partial charge on any atom is -0.455 e. The number of hydrogen-bond donors (Lipinski definition) is 0. The Bertz CT molecular complexity index is 3820. The molecule has 0 radical (unpaired) electrons. The smallest absolute Gasteiger partial charge is 0.143 e. The molecule has 13 rings (SSSR count). The van der Waals surface area contributed by atoms with Crippen LogP contribution in [0.2, 0.25) is 0 Å². The molecule has 0 bridgehead atoms. The molecule has 4 heteroatoms. The van der Waals surface area contributed by atoms with Crippen LogP contribution in [-0.2, 0) is 0 Å². The van der Waals surface area contributed by atoms with Crippen LogP contribution in [0.1, 0.15) is 0 Å². The molecule has 0 N–H and O–H groups in total. The Morgan fingerprint density at radius 2 is 1.03 bits per heavy atom. The topological polar surface area (TPSA) is 21.3 Å². The molecule has 13 aromatic rings. The van der Waals surface area contributed by atoms with E-state index in [1.165, 1.54) is 58.5 Å². The second-order valence-electron chi connectivity index (χ2n) is 16.0. The van der Waals surface area contributed by atoms with E-state index in [0.29, 0.717) is 0 Å². The van der Waals surface area contributed by atoms with Gasteiger partial charge in [0.05, 0.1) is 11.0 Å². The van der Waals surface area contributed by atoms with E-state index in [9.17, 15) is 0 Å². The first-order valence-electron chi connectivity index (χ1n) is 21.1. The maximum atomic E-state index is 6.62. The number of thiophene rings is 1. The van der Waals surface area contributed by atoms with Crippen molar-refractivity contribution in [2.24, 2.45) is 0 Å². The number of hydrogen-bond acceptors (Lipinski definition) is 3. The molecule has 0 aliphatic rings. The molecule has 0 aliphatic heterocycles. The van der Waals surface area contributed by atoms with E-state index in [1.54, 1.807) is 0 Å². The summed E-state index contributed by atoms with van der Waals surface area (Å²) in [7, 11) is 0. The van der Waals surface area contributed by atoms with Gasteiger partial charge in [0.15, 0.2) is 0 Å². The molecular formula is C58H36N2OS. The van der Waals surface area contributed by atoms with Gasteiger partial charge in [-0.2, -0.15) is 0 Å². The molecule has 3 heterocycles. The molecule has 62 heavy (non-hydrogen) atoms. The summed E-state index contributed by atoms with van der Waals surface area (Å²) < 4.78 is 11.6. The molecule has 0 aliphatic carbocycles. The minimum atomic E-state index is 0.890. The standard InChI is InChI=1S/C58H36N2OS/c1-2-15-45-37(12-1)28-35-51-56-44(19-11-24-54(56)61-57(45)51)39-13-9-14-43(36-39)59(40-29-26-38(27-30-40)46-20-10-21-50-49-18-5-8-25-55(49)62-58(46)50)41-31-33-42(34-32-41)60-52-22-6-3-16-47(52)48-17-4-7-23-53(48)60/h1-36H. The highest BCUT2D eigenvalue weighted by molar-refractivity contribution is 7.26. The normalized spacial score (nSPS) is 11.9. The van der Waals surface area contributed by atoms with Gasteiger partial charge in [-0.1, -0.05) is 140 Å². The molecular weight excluding hydrogens is 773 g/mol. The Kier molecular flexibility index (Phi) is 7.78. The van der Waals surface area contributed by atoms with Crippen LogP contribution in [0.5, 0.6) is 0 Å². The molecule has 0 fully saturated rings. The summed E-state index contributed by atoms with van der Waals surface area (Å²) in [6.07, 6.45) is 0. The van der Waals surface area contributed by atoms with Gasteiger partial charge in [-0.05, 0) is 107 Å². The zero-order valence-corrected chi connectivity index (χ0v) is 34.3. The van der Waals surface area contributed by atoms with Gasteiger partial charge >= 0.3 is 0 Å². The number of aromatic nitrogens is 1. The Labute approximate surface area is 361 Å². The van der Waals surface area contributed by atoms with Crippen LogP contribution in [-0.4, -0.2) is 4.57 Å². The van der Waals surface area contributed by atoms with Crippen LogP contribution < -0.4 is 4.90 Å². The van der Waals surface area contributed by atoms with E-state index >= 15 is 0 Å². The third-order valence-electron chi connectivity index (χ3n) is 12.6. The molecule has 0 saturated heterocycles. The van der Waals surface area contributed by atoms with Crippen molar-refractivity contribution < 1.29 is 4.42 Å². The Morgan fingerprint density at radius 3 is 1.82 bits per heavy atom. The van der Waals surface area contributed by atoms with Gasteiger partial charge in [0.2, 0.25) is 0 Å². The van der Waals surface area contributed by atoms with Gasteiger partial charge in [-0.15, -0.1) is 11.3 Å². The van der Waals surface area contributed by atoms with Crippen LogP contribution >= 0.6 is 11.3 Å². The minimum absolute atomic E-state index is 0.890. The summed E-state index contributed by atoms with van der Waals surface area (Å²) in [4.78, 5) is 2.38. The van der Waals surface area contributed by atoms with Crippen molar-refractivity contribution in [1.29, 1.82) is 0 Å². The average Bonchev–Trinajstić information content (AvgIpc) is 4.02. The highest BCUT2D eigenvalue weighted by atomic mass is 32.1. The zero-order valence-electron chi connectivity index (χ0n) is 33.5. The molecule has 0 spiro atoms. The summed E-state index contributed by atoms with van der Waals surface area (Å²) in [5, 5.41) is 9.69. The molecule has 0 saturated carbocycles. The quantitative estimate of drug-likeness (QED) is 0.167. The maximum Gasteiger partial charge on any atom is 0.143 e. The first kappa shape index (κ1) is 34.9. The fraction of sp³-hybridized carbons (Fsp3) is 0. The predicted molar refractivity (Wildman–Crippen MR) is 264 cm³/mol. The van der Waals surface area contributed by atoms with E-state index in [1.807, 2.05) is 11.3 Å². The van der Waals surface area contributed by atoms with E-state index < -0.39 is 0 Å². The lowest BCUT2D eigenvalue weighted by atomic mass is 9.97. The van der Waals surface area contributed by atoms with Gasteiger partial charge < -0.3 is 13.9 Å². The molecule has 0 amide bonds. The number of nitrogens with zero attached hydrogens (tertiary/aromatic N) is 2. The van der Waals surface area contributed by atoms with Crippen LogP contribution in [0.15, 0.2) is 223 Å². The monoisotopic (exact) mass is 808 g/mol. The number of anilines is 3. The zero-order chi connectivity index (χ0) is 40.7. The molecule has 0 unspecified atom stereocenters. The number of fused-ring (bicyclic) bond motifs is 11. The van der Waals surface area contributed by atoms with E-state index in [2.05, 4.69) is 228 Å². The van der Waals surface area contributed by atoms with Gasteiger partial charge in [0.1, 0.15) is 11.2 Å². The first-order valence-corrected chi connectivity index (χ1v) is 21.9. The third kappa shape index (κ3) is 5.37. The summed E-state index contributed by atoms with van der Waals surface area (Å²) in [6, 6.07) is 79.1. The maximum absolute atomic E-state index is 6.62. The number of benzene rings is 10. The third-order valence-corrected chi connectivity index (χ3v) is 13.8. The van der Waals surface area contributed by atoms with Crippen LogP contribution in [0.3, 0.4) is 0 Å². The Balaban J connectivity index is 0.963. The highest BCUT2D eigenvalue weighted by Crippen LogP contribution is 2.44. The van der Waals surface area contributed by atoms with Crippen molar-refractivity contribution in [1.82, 2.24) is 4.57 Å². The number of para-hydroxylation sites is 2. The van der Waals surface area contributed by atoms with Crippen molar-refractivity contribution in [3.05, 3.63) is 218 Å². The molecule has 3 aromatic heterocycles. The molecule has 290 valence electrons. The highest BCUT2D eigenvalue weighted by Gasteiger charge is 2.19. The van der Waals surface area contributed by atoms with Crippen LogP contribution in [0.4, 0.5) is 17.1 Å². The predicted octanol–water partition coefficient (Wildman–Crippen LogP) is 17.0. The lowest BCUT2D eigenvalue weighted by Gasteiger charge is -2.26. The fourth-order valence-electron chi connectivity index (χ4n) is 9.77. The van der Waals surface area contributed by atoms with E-state index in [0.717, 1.165) is 61.2 Å². The van der Waals surface area contributed by atoms with Crippen molar-refractivity contribution in [3.63, 3.8) is 0 Å². The average molecular weight is 809 g/mol. The van der Waals surface area contributed by atoms with Crippen molar-refractivity contribution >= 4 is 103 Å². The van der Waals surface area contributed by atoms with Crippen molar-refractivity contribution in [3.8, 4) is 27.9 Å².